The first-order valence-electron chi connectivity index (χ1n) is 6.60. The van der Waals surface area contributed by atoms with E-state index in [-0.39, 0.29) is 6.04 Å². The van der Waals surface area contributed by atoms with Crippen molar-refractivity contribution in [3.63, 3.8) is 0 Å². The third-order valence-corrected chi connectivity index (χ3v) is 4.15. The average Bonchev–Trinajstić information content (AvgIpc) is 2.99. The summed E-state index contributed by atoms with van der Waals surface area (Å²) < 4.78 is 6.96. The van der Waals surface area contributed by atoms with Crippen LogP contribution in [0.2, 0.25) is 0 Å². The van der Waals surface area contributed by atoms with Crippen molar-refractivity contribution in [2.45, 2.75) is 6.04 Å². The second kappa shape index (κ2) is 6.36. The van der Waals surface area contributed by atoms with Crippen LogP contribution in [0.4, 0.5) is 0 Å². The molecule has 5 heteroatoms. The third kappa shape index (κ3) is 2.98. The summed E-state index contributed by atoms with van der Waals surface area (Å²) in [6, 6.07) is 17.9. The Labute approximate surface area is 136 Å². The number of nitrogens with one attached hydrogen (secondary N) is 1. The van der Waals surface area contributed by atoms with E-state index in [0.717, 1.165) is 14.7 Å². The number of hydrogen-bond donors (Lipinski definition) is 1. The fourth-order valence-corrected chi connectivity index (χ4v) is 2.79. The van der Waals surface area contributed by atoms with E-state index in [0.29, 0.717) is 11.8 Å². The summed E-state index contributed by atoms with van der Waals surface area (Å²) in [5.41, 5.74) is 2.05. The second-order valence-corrected chi connectivity index (χ2v) is 5.72. The van der Waals surface area contributed by atoms with E-state index in [4.69, 9.17) is 4.42 Å². The van der Waals surface area contributed by atoms with E-state index in [2.05, 4.69) is 38.1 Å². The van der Waals surface area contributed by atoms with E-state index in [1.54, 1.807) is 0 Å². The third-order valence-electron chi connectivity index (χ3n) is 3.21. The molecule has 0 aliphatic carbocycles. The van der Waals surface area contributed by atoms with E-state index in [1.807, 2.05) is 61.6 Å². The monoisotopic (exact) mass is 391 g/mol. The lowest BCUT2D eigenvalue weighted by Gasteiger charge is -2.11. The highest BCUT2D eigenvalue weighted by Crippen LogP contribution is 2.27. The number of halogens is 1. The number of hydrogen-bond acceptors (Lipinski definition) is 4. The molecule has 2 aromatic carbocycles. The van der Waals surface area contributed by atoms with Gasteiger partial charge in [0.2, 0.25) is 11.8 Å². The van der Waals surface area contributed by atoms with Crippen LogP contribution < -0.4 is 5.32 Å². The van der Waals surface area contributed by atoms with Gasteiger partial charge in [-0.1, -0.05) is 42.5 Å². The molecule has 0 fully saturated rings. The Morgan fingerprint density at radius 2 is 1.71 bits per heavy atom. The molecule has 0 saturated heterocycles. The van der Waals surface area contributed by atoms with E-state index < -0.39 is 0 Å². The van der Waals surface area contributed by atoms with Gasteiger partial charge in [0.25, 0.3) is 0 Å². The van der Waals surface area contributed by atoms with Crippen molar-refractivity contribution >= 4 is 22.6 Å². The van der Waals surface area contributed by atoms with Crippen molar-refractivity contribution in [2.24, 2.45) is 0 Å². The zero-order chi connectivity index (χ0) is 14.7. The summed E-state index contributed by atoms with van der Waals surface area (Å²) >= 11 is 2.27. The number of nitrogens with zero attached hydrogens (tertiary/aromatic N) is 2. The molecule has 21 heavy (non-hydrogen) atoms. The minimum Gasteiger partial charge on any atom is -0.419 e. The Balaban J connectivity index is 1.96. The van der Waals surface area contributed by atoms with Crippen LogP contribution in [0.3, 0.4) is 0 Å². The molecule has 1 unspecified atom stereocenters. The van der Waals surface area contributed by atoms with Gasteiger partial charge < -0.3 is 9.73 Å². The highest BCUT2D eigenvalue weighted by atomic mass is 127. The summed E-state index contributed by atoms with van der Waals surface area (Å²) in [4.78, 5) is 0. The molecule has 0 saturated carbocycles. The molecule has 0 aliphatic rings. The molecule has 0 radical (unpaired) electrons. The van der Waals surface area contributed by atoms with Gasteiger partial charge in [-0.3, -0.25) is 0 Å². The minimum atomic E-state index is -0.103. The quantitative estimate of drug-likeness (QED) is 0.690. The molecular formula is C16H14IN3O. The van der Waals surface area contributed by atoms with Gasteiger partial charge in [0.1, 0.15) is 6.04 Å². The van der Waals surface area contributed by atoms with Gasteiger partial charge in [-0.05, 0) is 47.3 Å². The summed E-state index contributed by atoms with van der Waals surface area (Å²) in [6.07, 6.45) is 0. The lowest BCUT2D eigenvalue weighted by molar-refractivity contribution is 0.456. The first kappa shape index (κ1) is 14.2. The van der Waals surface area contributed by atoms with Crippen LogP contribution >= 0.6 is 22.6 Å². The smallest absolute Gasteiger partial charge is 0.248 e. The molecule has 1 atom stereocenters. The molecule has 0 aliphatic heterocycles. The van der Waals surface area contributed by atoms with Gasteiger partial charge in [-0.2, -0.15) is 0 Å². The molecule has 3 rings (SSSR count). The molecule has 1 heterocycles. The largest absolute Gasteiger partial charge is 0.419 e. The van der Waals surface area contributed by atoms with Gasteiger partial charge in [0.05, 0.1) is 5.56 Å². The lowest BCUT2D eigenvalue weighted by Crippen LogP contribution is -2.17. The molecule has 106 valence electrons. The molecular weight excluding hydrogens is 377 g/mol. The Bertz CT molecular complexity index is 727. The van der Waals surface area contributed by atoms with Crippen molar-refractivity contribution in [2.75, 3.05) is 7.05 Å². The van der Waals surface area contributed by atoms with Crippen LogP contribution in [-0.2, 0) is 0 Å². The second-order valence-electron chi connectivity index (χ2n) is 4.56. The SMILES string of the molecule is CNC(c1ccccc1)c1nnc(-c2ccccc2I)o1. The molecule has 1 aromatic heterocycles. The minimum absolute atomic E-state index is 0.103. The van der Waals surface area contributed by atoms with Crippen LogP contribution in [0.5, 0.6) is 0 Å². The number of rotatable bonds is 4. The summed E-state index contributed by atoms with van der Waals surface area (Å²) in [5, 5.41) is 11.6. The normalized spacial score (nSPS) is 12.3. The Morgan fingerprint density at radius 3 is 2.43 bits per heavy atom. The molecule has 4 nitrogen and oxygen atoms in total. The van der Waals surface area contributed by atoms with Crippen LogP contribution in [0.25, 0.3) is 11.5 Å². The van der Waals surface area contributed by atoms with Crippen LogP contribution in [0.15, 0.2) is 59.0 Å². The van der Waals surface area contributed by atoms with Crippen molar-refractivity contribution in [3.8, 4) is 11.5 Å². The Kier molecular flexibility index (Phi) is 4.31. The summed E-state index contributed by atoms with van der Waals surface area (Å²) in [5.74, 6) is 1.12. The summed E-state index contributed by atoms with van der Waals surface area (Å²) in [6.45, 7) is 0. The van der Waals surface area contributed by atoms with Gasteiger partial charge in [-0.15, -0.1) is 10.2 Å². The molecule has 0 amide bonds. The maximum atomic E-state index is 5.87. The van der Waals surface area contributed by atoms with Crippen molar-refractivity contribution in [1.29, 1.82) is 0 Å². The van der Waals surface area contributed by atoms with Gasteiger partial charge >= 0.3 is 0 Å². The summed E-state index contributed by atoms with van der Waals surface area (Å²) in [7, 11) is 1.88. The predicted molar refractivity (Wildman–Crippen MR) is 89.8 cm³/mol. The van der Waals surface area contributed by atoms with Crippen molar-refractivity contribution < 1.29 is 4.42 Å². The van der Waals surface area contributed by atoms with Gasteiger partial charge in [-0.25, -0.2) is 0 Å². The molecule has 0 spiro atoms. The van der Waals surface area contributed by atoms with Crippen LogP contribution in [-0.4, -0.2) is 17.2 Å². The van der Waals surface area contributed by atoms with E-state index in [9.17, 15) is 0 Å². The number of benzene rings is 2. The fourth-order valence-electron chi connectivity index (χ4n) is 2.17. The van der Waals surface area contributed by atoms with Crippen molar-refractivity contribution in [3.05, 3.63) is 69.6 Å². The van der Waals surface area contributed by atoms with E-state index in [1.165, 1.54) is 0 Å². The topological polar surface area (TPSA) is 51.0 Å². The van der Waals surface area contributed by atoms with E-state index >= 15 is 0 Å². The molecule has 0 bridgehead atoms. The van der Waals surface area contributed by atoms with Gasteiger partial charge in [0.15, 0.2) is 0 Å². The molecule has 3 aromatic rings. The molecule has 1 N–H and O–H groups in total. The zero-order valence-electron chi connectivity index (χ0n) is 11.5. The van der Waals surface area contributed by atoms with Crippen molar-refractivity contribution in [1.82, 2.24) is 15.5 Å². The highest BCUT2D eigenvalue weighted by Gasteiger charge is 2.20. The van der Waals surface area contributed by atoms with Crippen LogP contribution in [0, 0.1) is 3.57 Å². The average molecular weight is 391 g/mol. The fraction of sp³-hybridized carbons (Fsp3) is 0.125. The first-order chi connectivity index (χ1) is 10.3. The van der Waals surface area contributed by atoms with Gasteiger partial charge in [0, 0.05) is 3.57 Å². The Hall–Kier alpha value is -1.73. The first-order valence-corrected chi connectivity index (χ1v) is 7.68. The maximum Gasteiger partial charge on any atom is 0.248 e. The standard InChI is InChI=1S/C16H14IN3O/c1-18-14(11-7-3-2-4-8-11)16-20-19-15(21-16)12-9-5-6-10-13(12)17/h2-10,14,18H,1H3. The predicted octanol–water partition coefficient (Wildman–Crippen LogP) is 3.65. The lowest BCUT2D eigenvalue weighted by atomic mass is 10.1. The van der Waals surface area contributed by atoms with Crippen LogP contribution in [0.1, 0.15) is 17.5 Å². The number of aromatic nitrogens is 2. The Morgan fingerprint density at radius 1 is 1.00 bits per heavy atom. The maximum absolute atomic E-state index is 5.87. The highest BCUT2D eigenvalue weighted by molar-refractivity contribution is 14.1. The zero-order valence-corrected chi connectivity index (χ0v) is 13.6.